The van der Waals surface area contributed by atoms with Gasteiger partial charge in [0.1, 0.15) is 5.84 Å². The van der Waals surface area contributed by atoms with Gasteiger partial charge in [-0.2, -0.15) is 4.99 Å². The molecule has 0 bridgehead atoms. The number of benzene rings is 2. The SMILES string of the molecule is Cc1ccc(N=CCC(N)=NC(=O)c2cc(Cl)ccc2N)cc1C. The second-order valence-electron chi connectivity index (χ2n) is 5.42. The van der Waals surface area contributed by atoms with E-state index in [9.17, 15) is 4.79 Å². The number of amides is 1. The summed E-state index contributed by atoms with van der Waals surface area (Å²) in [6, 6.07) is 10.5. The number of carbonyl (C=O) groups is 1. The third kappa shape index (κ3) is 4.67. The number of rotatable bonds is 4. The van der Waals surface area contributed by atoms with Crippen molar-refractivity contribution in [2.75, 3.05) is 5.73 Å². The molecule has 2 aromatic rings. The number of aryl methyl sites for hydroxylation is 2. The van der Waals surface area contributed by atoms with E-state index in [0.717, 1.165) is 11.3 Å². The molecule has 0 fully saturated rings. The molecule has 0 saturated heterocycles. The number of hydrogen-bond acceptors (Lipinski definition) is 3. The number of anilines is 1. The Kier molecular flexibility index (Phi) is 5.71. The van der Waals surface area contributed by atoms with E-state index in [1.54, 1.807) is 18.3 Å². The van der Waals surface area contributed by atoms with Gasteiger partial charge in [0.05, 0.1) is 11.3 Å². The summed E-state index contributed by atoms with van der Waals surface area (Å²) >= 11 is 5.86. The van der Waals surface area contributed by atoms with Crippen molar-refractivity contribution in [2.45, 2.75) is 20.3 Å². The average Bonchev–Trinajstić information content (AvgIpc) is 2.53. The molecule has 6 heteroatoms. The predicted molar refractivity (Wildman–Crippen MR) is 101 cm³/mol. The Balaban J connectivity index is 2.05. The first-order chi connectivity index (χ1) is 11.4. The number of amidine groups is 1. The highest BCUT2D eigenvalue weighted by molar-refractivity contribution is 6.31. The van der Waals surface area contributed by atoms with Crippen LogP contribution in [-0.2, 0) is 0 Å². The van der Waals surface area contributed by atoms with Crippen LogP contribution in [0.5, 0.6) is 0 Å². The van der Waals surface area contributed by atoms with Gasteiger partial charge in [-0.05, 0) is 55.3 Å². The van der Waals surface area contributed by atoms with Gasteiger partial charge in [0.25, 0.3) is 5.91 Å². The minimum atomic E-state index is -0.521. The number of carbonyl (C=O) groups excluding carboxylic acids is 1. The average molecular weight is 343 g/mol. The van der Waals surface area contributed by atoms with E-state index in [2.05, 4.69) is 9.98 Å². The van der Waals surface area contributed by atoms with Gasteiger partial charge in [-0.15, -0.1) is 0 Å². The molecule has 0 spiro atoms. The highest BCUT2D eigenvalue weighted by atomic mass is 35.5. The Bertz CT molecular complexity index is 828. The normalized spacial score (nSPS) is 11.9. The fourth-order valence-electron chi connectivity index (χ4n) is 2.00. The molecule has 5 nitrogen and oxygen atoms in total. The largest absolute Gasteiger partial charge is 0.398 e. The zero-order chi connectivity index (χ0) is 17.7. The molecule has 2 rings (SSSR count). The van der Waals surface area contributed by atoms with Crippen LogP contribution in [0.3, 0.4) is 0 Å². The molecule has 4 N–H and O–H groups in total. The Morgan fingerprint density at radius 2 is 1.92 bits per heavy atom. The van der Waals surface area contributed by atoms with E-state index in [0.29, 0.717) is 10.7 Å². The molecule has 0 aliphatic heterocycles. The lowest BCUT2D eigenvalue weighted by Gasteiger charge is -2.03. The first kappa shape index (κ1) is 17.7. The quantitative estimate of drug-likeness (QED) is 0.502. The van der Waals surface area contributed by atoms with Gasteiger partial charge in [0.2, 0.25) is 0 Å². The van der Waals surface area contributed by atoms with E-state index < -0.39 is 5.91 Å². The lowest BCUT2D eigenvalue weighted by atomic mass is 10.1. The maximum absolute atomic E-state index is 12.1. The van der Waals surface area contributed by atoms with Crippen LogP contribution < -0.4 is 11.5 Å². The maximum atomic E-state index is 12.1. The molecular formula is C18H19ClN4O. The smallest absolute Gasteiger partial charge is 0.280 e. The van der Waals surface area contributed by atoms with Crippen molar-refractivity contribution < 1.29 is 4.79 Å². The van der Waals surface area contributed by atoms with Crippen molar-refractivity contribution in [1.82, 2.24) is 0 Å². The van der Waals surface area contributed by atoms with Gasteiger partial charge in [0.15, 0.2) is 0 Å². The molecule has 0 radical (unpaired) electrons. The third-order valence-corrected chi connectivity index (χ3v) is 3.76. The molecule has 24 heavy (non-hydrogen) atoms. The topological polar surface area (TPSA) is 93.8 Å². The first-order valence-electron chi connectivity index (χ1n) is 7.39. The molecule has 2 aromatic carbocycles. The van der Waals surface area contributed by atoms with Gasteiger partial charge >= 0.3 is 0 Å². The van der Waals surface area contributed by atoms with Crippen molar-refractivity contribution >= 4 is 40.9 Å². The fourth-order valence-corrected chi connectivity index (χ4v) is 2.17. The monoisotopic (exact) mass is 342 g/mol. The van der Waals surface area contributed by atoms with Crippen molar-refractivity contribution in [3.8, 4) is 0 Å². The minimum Gasteiger partial charge on any atom is -0.398 e. The maximum Gasteiger partial charge on any atom is 0.280 e. The second-order valence-corrected chi connectivity index (χ2v) is 5.86. The number of hydrogen-bond donors (Lipinski definition) is 2. The van der Waals surface area contributed by atoms with E-state index in [1.807, 2.05) is 32.0 Å². The molecule has 1 amide bonds. The molecule has 124 valence electrons. The molecule has 0 unspecified atom stereocenters. The molecule has 0 aliphatic rings. The van der Waals surface area contributed by atoms with Crippen molar-refractivity contribution in [3.63, 3.8) is 0 Å². The number of nitrogens with zero attached hydrogens (tertiary/aromatic N) is 2. The molecule has 0 aliphatic carbocycles. The highest BCUT2D eigenvalue weighted by Crippen LogP contribution is 2.19. The molecule has 0 aromatic heterocycles. The van der Waals surface area contributed by atoms with Crippen LogP contribution in [0, 0.1) is 13.8 Å². The van der Waals surface area contributed by atoms with Crippen LogP contribution in [0.15, 0.2) is 46.4 Å². The number of aliphatic imine (C=N–C) groups is 2. The summed E-state index contributed by atoms with van der Waals surface area (Å²) in [6.45, 7) is 4.07. The lowest BCUT2D eigenvalue weighted by molar-refractivity contribution is 0.100. The van der Waals surface area contributed by atoms with Crippen molar-refractivity contribution in [3.05, 3.63) is 58.1 Å². The van der Waals surface area contributed by atoms with Crippen molar-refractivity contribution in [2.24, 2.45) is 15.7 Å². The Morgan fingerprint density at radius 3 is 2.62 bits per heavy atom. The summed E-state index contributed by atoms with van der Waals surface area (Å²) in [7, 11) is 0. The van der Waals surface area contributed by atoms with Gasteiger partial charge in [-0.1, -0.05) is 17.7 Å². The number of nitrogens with two attached hydrogens (primary N) is 2. The summed E-state index contributed by atoms with van der Waals surface area (Å²) in [5.41, 5.74) is 15.3. The predicted octanol–water partition coefficient (Wildman–Crippen LogP) is 3.83. The molecular weight excluding hydrogens is 324 g/mol. The van der Waals surface area contributed by atoms with Crippen LogP contribution in [0.25, 0.3) is 0 Å². The summed E-state index contributed by atoms with van der Waals surface area (Å²) in [5.74, 6) is -0.362. The van der Waals surface area contributed by atoms with Gasteiger partial charge in [-0.25, -0.2) is 0 Å². The Morgan fingerprint density at radius 1 is 1.17 bits per heavy atom. The van der Waals surface area contributed by atoms with E-state index in [4.69, 9.17) is 23.1 Å². The van der Waals surface area contributed by atoms with Crippen LogP contribution in [-0.4, -0.2) is 18.0 Å². The van der Waals surface area contributed by atoms with Gasteiger partial charge in [-0.3, -0.25) is 9.79 Å². The van der Waals surface area contributed by atoms with Crippen LogP contribution >= 0.6 is 11.6 Å². The van der Waals surface area contributed by atoms with E-state index in [1.165, 1.54) is 11.6 Å². The Hall–Kier alpha value is -2.66. The molecule has 0 saturated carbocycles. The summed E-state index contributed by atoms with van der Waals surface area (Å²) in [5, 5.41) is 0.414. The second kappa shape index (κ2) is 7.75. The number of nitrogen functional groups attached to an aromatic ring is 1. The lowest BCUT2D eigenvalue weighted by Crippen LogP contribution is -2.15. The number of halogens is 1. The zero-order valence-corrected chi connectivity index (χ0v) is 14.3. The zero-order valence-electron chi connectivity index (χ0n) is 13.6. The third-order valence-electron chi connectivity index (χ3n) is 3.52. The standard InChI is InChI=1S/C18H19ClN4O/c1-11-3-5-14(9-12(11)2)22-8-7-17(21)23-18(24)15-10-13(19)4-6-16(15)20/h3-6,8-10H,7,20H2,1-2H3,(H2,21,23,24). The van der Waals surface area contributed by atoms with E-state index in [-0.39, 0.29) is 17.8 Å². The minimum absolute atomic E-state index is 0.159. The highest BCUT2D eigenvalue weighted by Gasteiger charge is 2.09. The summed E-state index contributed by atoms with van der Waals surface area (Å²) in [4.78, 5) is 20.2. The first-order valence-corrected chi connectivity index (χ1v) is 7.77. The molecule has 0 atom stereocenters. The fraction of sp³-hybridized carbons (Fsp3) is 0.167. The summed E-state index contributed by atoms with van der Waals surface area (Å²) < 4.78 is 0. The van der Waals surface area contributed by atoms with Gasteiger partial charge in [0, 0.05) is 23.3 Å². The van der Waals surface area contributed by atoms with Crippen LogP contribution in [0.4, 0.5) is 11.4 Å². The van der Waals surface area contributed by atoms with Crippen molar-refractivity contribution in [1.29, 1.82) is 0 Å². The van der Waals surface area contributed by atoms with Crippen LogP contribution in [0.1, 0.15) is 27.9 Å². The van der Waals surface area contributed by atoms with Crippen LogP contribution in [0.2, 0.25) is 5.02 Å². The van der Waals surface area contributed by atoms with Gasteiger partial charge < -0.3 is 11.5 Å². The van der Waals surface area contributed by atoms with E-state index >= 15 is 0 Å². The summed E-state index contributed by atoms with van der Waals surface area (Å²) in [6.07, 6.45) is 1.89. The Labute approximate surface area is 146 Å². The molecule has 0 heterocycles.